The summed E-state index contributed by atoms with van der Waals surface area (Å²) >= 11 is 0. The smallest absolute Gasteiger partial charge is 0.299 e. The van der Waals surface area contributed by atoms with Crippen LogP contribution >= 0.6 is 0 Å². The number of aromatic nitrogens is 2. The Balaban J connectivity index is 2.01. The second-order valence-electron chi connectivity index (χ2n) is 4.74. The van der Waals surface area contributed by atoms with Crippen molar-refractivity contribution in [1.82, 2.24) is 9.13 Å². The first-order valence-electron chi connectivity index (χ1n) is 6.62. The highest BCUT2D eigenvalue weighted by Gasteiger charge is 2.08. The van der Waals surface area contributed by atoms with Gasteiger partial charge >= 0.3 is 5.69 Å². The topological polar surface area (TPSA) is 44.0 Å². The number of carbonyl (C=O) groups is 1. The molecule has 0 spiro atoms. The molecule has 0 unspecified atom stereocenters. The predicted octanol–water partition coefficient (Wildman–Crippen LogP) is 2.01. The predicted molar refractivity (Wildman–Crippen MR) is 74.1 cm³/mol. The van der Waals surface area contributed by atoms with Gasteiger partial charge in [0.15, 0.2) is 5.78 Å². The first-order valence-corrected chi connectivity index (χ1v) is 6.62. The van der Waals surface area contributed by atoms with E-state index in [4.69, 9.17) is 0 Å². The zero-order valence-electron chi connectivity index (χ0n) is 11.4. The van der Waals surface area contributed by atoms with Crippen molar-refractivity contribution in [2.24, 2.45) is 0 Å². The molecule has 1 heterocycles. The SMILES string of the molecule is CCCn1ccn(CC(=O)Cc2ccc(F)cc2)c1=O. The summed E-state index contributed by atoms with van der Waals surface area (Å²) in [4.78, 5) is 23.8. The third-order valence-corrected chi connectivity index (χ3v) is 3.04. The van der Waals surface area contributed by atoms with Crippen LogP contribution in [-0.4, -0.2) is 14.9 Å². The molecule has 1 aromatic heterocycles. The van der Waals surface area contributed by atoms with Gasteiger partial charge in [-0.25, -0.2) is 9.18 Å². The van der Waals surface area contributed by atoms with Crippen LogP contribution in [0, 0.1) is 5.82 Å². The molecule has 0 N–H and O–H groups in total. The number of rotatable bonds is 6. The molecule has 0 bridgehead atoms. The van der Waals surface area contributed by atoms with E-state index in [1.165, 1.54) is 16.7 Å². The number of benzene rings is 1. The molecular weight excluding hydrogens is 259 g/mol. The summed E-state index contributed by atoms with van der Waals surface area (Å²) in [5.74, 6) is -0.401. The molecule has 0 aliphatic heterocycles. The summed E-state index contributed by atoms with van der Waals surface area (Å²) < 4.78 is 15.8. The van der Waals surface area contributed by atoms with Crippen LogP contribution < -0.4 is 5.69 Å². The van der Waals surface area contributed by atoms with Crippen molar-refractivity contribution in [3.8, 4) is 0 Å². The highest BCUT2D eigenvalue weighted by Crippen LogP contribution is 2.04. The van der Waals surface area contributed by atoms with E-state index in [0.29, 0.717) is 6.54 Å². The van der Waals surface area contributed by atoms with Gasteiger partial charge in [-0.1, -0.05) is 19.1 Å². The van der Waals surface area contributed by atoms with E-state index >= 15 is 0 Å². The molecule has 1 aromatic carbocycles. The van der Waals surface area contributed by atoms with Crippen molar-refractivity contribution >= 4 is 5.78 Å². The lowest BCUT2D eigenvalue weighted by Crippen LogP contribution is -2.27. The fraction of sp³-hybridized carbons (Fsp3) is 0.333. The second-order valence-corrected chi connectivity index (χ2v) is 4.74. The average Bonchev–Trinajstić information content (AvgIpc) is 2.75. The van der Waals surface area contributed by atoms with Gasteiger partial charge in [-0.05, 0) is 24.1 Å². The number of nitrogens with zero attached hydrogens (tertiary/aromatic N) is 2. The lowest BCUT2D eigenvalue weighted by atomic mass is 10.1. The molecule has 0 fully saturated rings. The Morgan fingerprint density at radius 2 is 1.80 bits per heavy atom. The highest BCUT2D eigenvalue weighted by atomic mass is 19.1. The first kappa shape index (κ1) is 14.2. The minimum Gasteiger partial charge on any atom is -0.299 e. The Morgan fingerprint density at radius 1 is 1.15 bits per heavy atom. The number of aryl methyl sites for hydroxylation is 1. The van der Waals surface area contributed by atoms with Crippen LogP contribution in [0.1, 0.15) is 18.9 Å². The van der Waals surface area contributed by atoms with Gasteiger partial charge in [0.1, 0.15) is 5.82 Å². The monoisotopic (exact) mass is 276 g/mol. The van der Waals surface area contributed by atoms with Crippen LogP contribution in [0.5, 0.6) is 0 Å². The standard InChI is InChI=1S/C15H17FN2O2/c1-2-7-17-8-9-18(15(17)20)11-14(19)10-12-3-5-13(16)6-4-12/h3-6,8-9H,2,7,10-11H2,1H3. The number of hydrogen-bond donors (Lipinski definition) is 0. The fourth-order valence-electron chi connectivity index (χ4n) is 2.06. The minimum absolute atomic E-state index is 0.0485. The van der Waals surface area contributed by atoms with Crippen LogP contribution in [0.3, 0.4) is 0 Å². The molecule has 0 saturated heterocycles. The number of carbonyl (C=O) groups excluding carboxylic acids is 1. The van der Waals surface area contributed by atoms with Crippen molar-refractivity contribution < 1.29 is 9.18 Å². The van der Waals surface area contributed by atoms with Crippen molar-refractivity contribution in [2.45, 2.75) is 32.9 Å². The number of imidazole rings is 1. The van der Waals surface area contributed by atoms with Crippen LogP contribution in [0.25, 0.3) is 0 Å². The van der Waals surface area contributed by atoms with E-state index in [1.807, 2.05) is 6.92 Å². The quantitative estimate of drug-likeness (QED) is 0.810. The number of ketones is 1. The number of Topliss-reactive ketones (excluding diaryl/α,β-unsaturated/α-hetero) is 1. The fourth-order valence-corrected chi connectivity index (χ4v) is 2.06. The lowest BCUT2D eigenvalue weighted by molar-refractivity contribution is -0.119. The lowest BCUT2D eigenvalue weighted by Gasteiger charge is -2.02. The Labute approximate surface area is 116 Å². The zero-order chi connectivity index (χ0) is 14.5. The van der Waals surface area contributed by atoms with Crippen molar-refractivity contribution in [2.75, 3.05) is 0 Å². The number of halogens is 1. The van der Waals surface area contributed by atoms with Gasteiger partial charge in [0.25, 0.3) is 0 Å². The van der Waals surface area contributed by atoms with E-state index in [9.17, 15) is 14.0 Å². The third-order valence-electron chi connectivity index (χ3n) is 3.04. The Bertz CT molecular complexity index is 641. The first-order chi connectivity index (χ1) is 9.60. The Morgan fingerprint density at radius 3 is 2.45 bits per heavy atom. The zero-order valence-corrected chi connectivity index (χ0v) is 11.4. The Kier molecular flexibility index (Phi) is 4.50. The molecule has 2 aromatic rings. The molecule has 0 atom stereocenters. The maximum absolute atomic E-state index is 12.8. The molecule has 0 aliphatic carbocycles. The summed E-state index contributed by atoms with van der Waals surface area (Å²) in [7, 11) is 0. The van der Waals surface area contributed by atoms with E-state index in [1.54, 1.807) is 29.1 Å². The van der Waals surface area contributed by atoms with Gasteiger partial charge in [0.2, 0.25) is 0 Å². The van der Waals surface area contributed by atoms with Gasteiger partial charge in [-0.3, -0.25) is 13.9 Å². The second kappa shape index (κ2) is 6.32. The maximum Gasteiger partial charge on any atom is 0.328 e. The van der Waals surface area contributed by atoms with Crippen molar-refractivity contribution in [3.05, 3.63) is 58.5 Å². The third kappa shape index (κ3) is 3.44. The molecule has 5 heteroatoms. The van der Waals surface area contributed by atoms with Gasteiger partial charge in [0.05, 0.1) is 6.54 Å². The molecule has 0 saturated carbocycles. The van der Waals surface area contributed by atoms with Gasteiger partial charge in [-0.15, -0.1) is 0 Å². The Hall–Kier alpha value is -2.17. The summed E-state index contributed by atoms with van der Waals surface area (Å²) in [5, 5.41) is 0. The van der Waals surface area contributed by atoms with Crippen molar-refractivity contribution in [3.63, 3.8) is 0 Å². The molecule has 4 nitrogen and oxygen atoms in total. The molecule has 106 valence electrons. The van der Waals surface area contributed by atoms with E-state index in [-0.39, 0.29) is 30.3 Å². The number of hydrogen-bond acceptors (Lipinski definition) is 2. The molecular formula is C15H17FN2O2. The molecule has 2 rings (SSSR count). The largest absolute Gasteiger partial charge is 0.328 e. The van der Waals surface area contributed by atoms with E-state index in [0.717, 1.165) is 12.0 Å². The summed E-state index contributed by atoms with van der Waals surface area (Å²) in [6, 6.07) is 5.82. The van der Waals surface area contributed by atoms with Gasteiger partial charge < -0.3 is 0 Å². The van der Waals surface area contributed by atoms with Crippen LogP contribution in [0.4, 0.5) is 4.39 Å². The normalized spacial score (nSPS) is 10.7. The summed E-state index contributed by atoms with van der Waals surface area (Å²) in [5.41, 5.74) is 0.580. The molecule has 20 heavy (non-hydrogen) atoms. The molecule has 0 radical (unpaired) electrons. The van der Waals surface area contributed by atoms with Crippen LogP contribution in [0.15, 0.2) is 41.5 Å². The highest BCUT2D eigenvalue weighted by molar-refractivity contribution is 5.80. The summed E-state index contributed by atoms with van der Waals surface area (Å²) in [6.45, 7) is 2.69. The van der Waals surface area contributed by atoms with Gasteiger partial charge in [-0.2, -0.15) is 0 Å². The van der Waals surface area contributed by atoms with E-state index < -0.39 is 0 Å². The van der Waals surface area contributed by atoms with Gasteiger partial charge in [0, 0.05) is 25.4 Å². The molecule has 0 aliphatic rings. The average molecular weight is 276 g/mol. The van der Waals surface area contributed by atoms with Crippen LogP contribution in [-0.2, 0) is 24.3 Å². The molecule has 0 amide bonds. The van der Waals surface area contributed by atoms with Crippen LogP contribution in [0.2, 0.25) is 0 Å². The minimum atomic E-state index is -0.325. The van der Waals surface area contributed by atoms with Crippen molar-refractivity contribution in [1.29, 1.82) is 0 Å². The summed E-state index contributed by atoms with van der Waals surface area (Å²) in [6.07, 6.45) is 4.39. The maximum atomic E-state index is 12.8. The van der Waals surface area contributed by atoms with E-state index in [2.05, 4.69) is 0 Å².